The number of nitrogens with zero attached hydrogens (tertiary/aromatic N) is 6. The molecule has 1 aromatic carbocycles. The number of halogens is 3. The fraction of sp³-hybridized carbons (Fsp3) is 0.409. The van der Waals surface area contributed by atoms with Crippen LogP contribution in [0.15, 0.2) is 53.7 Å². The molecule has 0 radical (unpaired) electrons. The maximum atomic E-state index is 12.7. The van der Waals surface area contributed by atoms with Crippen LogP contribution in [0.4, 0.5) is 13.2 Å². The van der Waals surface area contributed by atoms with E-state index < -0.39 is 11.7 Å². The maximum absolute atomic E-state index is 12.7. The molecule has 0 amide bonds. The summed E-state index contributed by atoms with van der Waals surface area (Å²) in [7, 11) is 1.77. The molecular weight excluding hydrogens is 419 g/mol. The van der Waals surface area contributed by atoms with Crippen molar-refractivity contribution in [1.82, 2.24) is 29.7 Å². The van der Waals surface area contributed by atoms with Crippen LogP contribution >= 0.6 is 0 Å². The number of rotatable bonds is 5. The van der Waals surface area contributed by atoms with Crippen LogP contribution in [0, 0.1) is 0 Å². The number of nitrogens with one attached hydrogen (secondary N) is 1. The van der Waals surface area contributed by atoms with Crippen LogP contribution in [0.1, 0.15) is 17.0 Å². The number of hydrogen-bond acceptors (Lipinski definition) is 4. The van der Waals surface area contributed by atoms with Crippen LogP contribution in [0.25, 0.3) is 5.65 Å². The minimum Gasteiger partial charge on any atom is -0.356 e. The summed E-state index contributed by atoms with van der Waals surface area (Å²) in [6.07, 6.45) is -1.62. The Hall–Kier alpha value is -3.14. The third-order valence-corrected chi connectivity index (χ3v) is 5.59. The quantitative estimate of drug-likeness (QED) is 0.483. The van der Waals surface area contributed by atoms with E-state index in [0.717, 1.165) is 67.7 Å². The van der Waals surface area contributed by atoms with E-state index in [-0.39, 0.29) is 0 Å². The number of fused-ring (bicyclic) bond motifs is 1. The Morgan fingerprint density at radius 1 is 1.03 bits per heavy atom. The minimum absolute atomic E-state index is 0.611. The van der Waals surface area contributed by atoms with Crippen LogP contribution in [-0.2, 0) is 19.1 Å². The van der Waals surface area contributed by atoms with E-state index >= 15 is 0 Å². The second-order valence-corrected chi connectivity index (χ2v) is 7.73. The van der Waals surface area contributed by atoms with Gasteiger partial charge < -0.3 is 10.2 Å². The van der Waals surface area contributed by atoms with Crippen LogP contribution < -0.4 is 5.32 Å². The molecule has 0 aliphatic carbocycles. The molecule has 7 nitrogen and oxygen atoms in total. The minimum atomic E-state index is -4.30. The van der Waals surface area contributed by atoms with Gasteiger partial charge in [0.15, 0.2) is 11.6 Å². The lowest BCUT2D eigenvalue weighted by atomic mass is 10.1. The van der Waals surface area contributed by atoms with Gasteiger partial charge in [-0.3, -0.25) is 14.3 Å². The van der Waals surface area contributed by atoms with Gasteiger partial charge in [-0.15, -0.1) is 10.2 Å². The number of aromatic nitrogens is 3. The molecule has 1 fully saturated rings. The van der Waals surface area contributed by atoms with Crippen molar-refractivity contribution in [2.75, 3.05) is 39.8 Å². The van der Waals surface area contributed by atoms with E-state index in [0.29, 0.717) is 13.1 Å². The SMILES string of the molecule is CN=C(NCCc1nnc2ccccn12)N1CCN(Cc2ccc(C(F)(F)F)cc2)CC1. The third-order valence-electron chi connectivity index (χ3n) is 5.59. The Kier molecular flexibility index (Phi) is 6.59. The van der Waals surface area contributed by atoms with Crippen molar-refractivity contribution in [2.24, 2.45) is 4.99 Å². The van der Waals surface area contributed by atoms with E-state index in [1.165, 1.54) is 0 Å². The van der Waals surface area contributed by atoms with Crippen molar-refractivity contribution in [1.29, 1.82) is 0 Å². The topological polar surface area (TPSA) is 61.1 Å². The zero-order chi connectivity index (χ0) is 22.6. The highest BCUT2D eigenvalue weighted by molar-refractivity contribution is 5.80. The highest BCUT2D eigenvalue weighted by Gasteiger charge is 2.30. The third kappa shape index (κ3) is 5.18. The van der Waals surface area contributed by atoms with Crippen molar-refractivity contribution < 1.29 is 13.2 Å². The van der Waals surface area contributed by atoms with Gasteiger partial charge in [-0.2, -0.15) is 13.2 Å². The first kappa shape index (κ1) is 22.1. The molecule has 0 unspecified atom stereocenters. The lowest BCUT2D eigenvalue weighted by Gasteiger charge is -2.36. The van der Waals surface area contributed by atoms with Crippen molar-refractivity contribution >= 4 is 11.6 Å². The summed E-state index contributed by atoms with van der Waals surface area (Å²) in [6.45, 7) is 4.56. The molecule has 1 N–H and O–H groups in total. The maximum Gasteiger partial charge on any atom is 0.416 e. The van der Waals surface area contributed by atoms with Crippen molar-refractivity contribution in [3.63, 3.8) is 0 Å². The molecule has 3 heterocycles. The Labute approximate surface area is 184 Å². The number of benzene rings is 1. The molecule has 3 aromatic rings. The predicted octanol–water partition coefficient (Wildman–Crippen LogP) is 2.68. The van der Waals surface area contributed by atoms with Crippen molar-refractivity contribution in [3.8, 4) is 0 Å². The number of alkyl halides is 3. The number of guanidine groups is 1. The first-order valence-corrected chi connectivity index (χ1v) is 10.6. The van der Waals surface area contributed by atoms with E-state index in [1.807, 2.05) is 28.8 Å². The summed E-state index contributed by atoms with van der Waals surface area (Å²) in [4.78, 5) is 8.84. The molecule has 10 heteroatoms. The fourth-order valence-corrected chi connectivity index (χ4v) is 3.85. The Bertz CT molecular complexity index is 1050. The van der Waals surface area contributed by atoms with Crippen molar-refractivity contribution in [2.45, 2.75) is 19.1 Å². The number of aliphatic imine (C=N–C) groups is 1. The average molecular weight is 445 g/mol. The highest BCUT2D eigenvalue weighted by Crippen LogP contribution is 2.29. The molecule has 0 bridgehead atoms. The van der Waals surface area contributed by atoms with Crippen LogP contribution in [0.5, 0.6) is 0 Å². The van der Waals surface area contributed by atoms with Gasteiger partial charge in [0.05, 0.1) is 5.56 Å². The predicted molar refractivity (Wildman–Crippen MR) is 116 cm³/mol. The van der Waals surface area contributed by atoms with Gasteiger partial charge in [0.2, 0.25) is 0 Å². The lowest BCUT2D eigenvalue weighted by molar-refractivity contribution is -0.137. The Morgan fingerprint density at radius 3 is 2.47 bits per heavy atom. The van der Waals surface area contributed by atoms with E-state index in [2.05, 4.69) is 30.3 Å². The highest BCUT2D eigenvalue weighted by atomic mass is 19.4. The normalized spacial score (nSPS) is 16.0. The smallest absolute Gasteiger partial charge is 0.356 e. The standard InChI is InChI=1S/C22H26F3N7/c1-26-21(27-10-9-20-29-28-19-4-2-3-11-32(19)20)31-14-12-30(13-15-31)16-17-5-7-18(8-6-17)22(23,24)25/h2-8,11H,9-10,12-16H2,1H3,(H,26,27). The lowest BCUT2D eigenvalue weighted by Crippen LogP contribution is -2.52. The van der Waals surface area contributed by atoms with Gasteiger partial charge in [-0.25, -0.2) is 0 Å². The van der Waals surface area contributed by atoms with Gasteiger partial charge in [0.25, 0.3) is 0 Å². The second-order valence-electron chi connectivity index (χ2n) is 7.73. The van der Waals surface area contributed by atoms with Gasteiger partial charge in [-0.1, -0.05) is 18.2 Å². The Balaban J connectivity index is 1.24. The molecule has 1 saturated heterocycles. The first-order valence-electron chi connectivity index (χ1n) is 10.6. The first-order chi connectivity index (χ1) is 15.4. The molecular formula is C22H26F3N7. The van der Waals surface area contributed by atoms with Crippen LogP contribution in [-0.4, -0.2) is 70.1 Å². The molecule has 4 rings (SSSR count). The molecule has 1 aliphatic heterocycles. The molecule has 2 aromatic heterocycles. The van der Waals surface area contributed by atoms with Crippen LogP contribution in [0.2, 0.25) is 0 Å². The van der Waals surface area contributed by atoms with Gasteiger partial charge in [0, 0.05) is 58.9 Å². The van der Waals surface area contributed by atoms with E-state index in [4.69, 9.17) is 0 Å². The number of piperazine rings is 1. The number of pyridine rings is 1. The zero-order valence-electron chi connectivity index (χ0n) is 17.9. The zero-order valence-corrected chi connectivity index (χ0v) is 17.9. The number of hydrogen-bond donors (Lipinski definition) is 1. The summed E-state index contributed by atoms with van der Waals surface area (Å²) in [6, 6.07) is 11.2. The molecule has 32 heavy (non-hydrogen) atoms. The summed E-state index contributed by atoms with van der Waals surface area (Å²) < 4.78 is 40.2. The van der Waals surface area contributed by atoms with Gasteiger partial charge >= 0.3 is 6.18 Å². The van der Waals surface area contributed by atoms with Gasteiger partial charge in [0.1, 0.15) is 5.82 Å². The fourth-order valence-electron chi connectivity index (χ4n) is 3.85. The van der Waals surface area contributed by atoms with Gasteiger partial charge in [-0.05, 0) is 29.8 Å². The summed E-state index contributed by atoms with van der Waals surface area (Å²) in [5.74, 6) is 1.73. The van der Waals surface area contributed by atoms with E-state index in [9.17, 15) is 13.2 Å². The van der Waals surface area contributed by atoms with Crippen molar-refractivity contribution in [3.05, 3.63) is 65.6 Å². The summed E-state index contributed by atoms with van der Waals surface area (Å²) in [5, 5.41) is 11.8. The molecule has 0 atom stereocenters. The second kappa shape index (κ2) is 9.56. The van der Waals surface area contributed by atoms with Crippen LogP contribution in [0.3, 0.4) is 0 Å². The van der Waals surface area contributed by atoms with E-state index in [1.54, 1.807) is 19.2 Å². The largest absolute Gasteiger partial charge is 0.416 e. The monoisotopic (exact) mass is 445 g/mol. The summed E-state index contributed by atoms with van der Waals surface area (Å²) in [5.41, 5.74) is 1.10. The Morgan fingerprint density at radius 2 is 1.78 bits per heavy atom. The molecule has 0 saturated carbocycles. The summed E-state index contributed by atoms with van der Waals surface area (Å²) >= 11 is 0. The molecule has 0 spiro atoms. The molecule has 170 valence electrons. The molecule has 1 aliphatic rings. The average Bonchev–Trinajstić information content (AvgIpc) is 3.20.